The van der Waals surface area contributed by atoms with Crippen LogP contribution in [-0.4, -0.2) is 67.3 Å². The molecule has 0 bridgehead atoms. The summed E-state index contributed by atoms with van der Waals surface area (Å²) in [6.07, 6.45) is -1.70. The fraction of sp³-hybridized carbons (Fsp3) is 0.750. The van der Waals surface area contributed by atoms with Crippen LogP contribution in [0.2, 0.25) is 0 Å². The van der Waals surface area contributed by atoms with Crippen molar-refractivity contribution in [1.82, 2.24) is 4.31 Å². The Hall–Kier alpha value is -0.390. The van der Waals surface area contributed by atoms with E-state index in [1.165, 1.54) is 6.92 Å². The van der Waals surface area contributed by atoms with E-state index in [-0.39, 0.29) is 52.3 Å². The Kier molecular flexibility index (Phi) is 8.88. The fourth-order valence-electron chi connectivity index (χ4n) is 2.12. The van der Waals surface area contributed by atoms with Crippen LogP contribution in [0.5, 0.6) is 0 Å². The number of hydrogen-bond donors (Lipinski definition) is 0. The molecular weight excluding hydrogens is 471 g/mol. The Morgan fingerprint density at radius 3 is 2.00 bits per heavy atom. The zero-order valence-corrected chi connectivity index (χ0v) is 18.6. The van der Waals surface area contributed by atoms with Gasteiger partial charge in [0, 0.05) is 12.1 Å². The van der Waals surface area contributed by atoms with Gasteiger partial charge in [0.1, 0.15) is 6.10 Å². The van der Waals surface area contributed by atoms with Crippen LogP contribution in [0.25, 0.3) is 0 Å². The average Bonchev–Trinajstić information content (AvgIpc) is 2.53. The van der Waals surface area contributed by atoms with Crippen molar-refractivity contribution >= 4 is 26.1 Å². The summed E-state index contributed by atoms with van der Waals surface area (Å²) in [6, 6.07) is 0. The van der Waals surface area contributed by atoms with Crippen LogP contribution < -0.4 is 29.6 Å². The van der Waals surface area contributed by atoms with Gasteiger partial charge in [-0.1, -0.05) is 6.58 Å². The summed E-state index contributed by atoms with van der Waals surface area (Å²) in [6.45, 7) is 2.51. The molecule has 17 heteroatoms. The molecule has 164 valence electrons. The maximum atomic E-state index is 13.9. The molecule has 1 aliphatic heterocycles. The van der Waals surface area contributed by atoms with Gasteiger partial charge in [-0.2, -0.15) is 30.6 Å². The minimum atomic E-state index is -7.35. The summed E-state index contributed by atoms with van der Waals surface area (Å²) in [4.78, 5) is 11.4. The molecule has 0 amide bonds. The third kappa shape index (κ3) is 5.10. The maximum absolute atomic E-state index is 13.9. The molecule has 1 saturated heterocycles. The first kappa shape index (κ1) is 28.6. The predicted molar refractivity (Wildman–Crippen MR) is 79.0 cm³/mol. The van der Waals surface area contributed by atoms with Gasteiger partial charge >= 0.3 is 52.0 Å². The molecule has 0 spiro atoms. The standard InChI is InChI=1S/C12H15F6NO7S2.Na/c1-7(2)9(20)26-8-4-3-5-19(6-8)27(21,22)11(15,16)10(13,14)12(17,18)28(23,24)25;/h8H,1,3-6H2,2H3,(H,23,24,25);/q;+1/p-1. The Morgan fingerprint density at radius 2 is 1.59 bits per heavy atom. The van der Waals surface area contributed by atoms with Crippen molar-refractivity contribution in [3.63, 3.8) is 0 Å². The van der Waals surface area contributed by atoms with Gasteiger partial charge in [0.05, 0.1) is 6.54 Å². The Bertz CT molecular complexity index is 862. The molecule has 0 aromatic carbocycles. The molecule has 1 atom stereocenters. The van der Waals surface area contributed by atoms with E-state index >= 15 is 0 Å². The summed E-state index contributed by atoms with van der Waals surface area (Å²) in [7, 11) is -13.9. The van der Waals surface area contributed by atoms with Crippen LogP contribution in [-0.2, 0) is 29.7 Å². The second-order valence-electron chi connectivity index (χ2n) is 5.87. The van der Waals surface area contributed by atoms with Crippen molar-refractivity contribution in [2.24, 2.45) is 0 Å². The van der Waals surface area contributed by atoms with E-state index in [1.807, 2.05) is 0 Å². The third-order valence-corrected chi connectivity index (χ3v) is 6.47. The fourth-order valence-corrected chi connectivity index (χ4v) is 4.14. The molecule has 0 saturated carbocycles. The summed E-state index contributed by atoms with van der Waals surface area (Å²) in [5.41, 5.74) is -0.142. The van der Waals surface area contributed by atoms with Crippen LogP contribution in [0.15, 0.2) is 12.2 Å². The van der Waals surface area contributed by atoms with Crippen molar-refractivity contribution in [3.05, 3.63) is 12.2 Å². The zero-order chi connectivity index (χ0) is 22.3. The molecule has 0 aromatic rings. The number of piperidine rings is 1. The smallest absolute Gasteiger partial charge is 0.743 e. The summed E-state index contributed by atoms with van der Waals surface area (Å²) in [5, 5.41) is -13.6. The van der Waals surface area contributed by atoms with Crippen molar-refractivity contribution in [2.45, 2.75) is 42.3 Å². The molecule has 0 N–H and O–H groups in total. The van der Waals surface area contributed by atoms with Crippen LogP contribution >= 0.6 is 0 Å². The van der Waals surface area contributed by atoms with Crippen molar-refractivity contribution in [3.8, 4) is 0 Å². The van der Waals surface area contributed by atoms with Gasteiger partial charge < -0.3 is 9.29 Å². The van der Waals surface area contributed by atoms with Crippen LogP contribution in [0, 0.1) is 0 Å². The molecular formula is C12H14F6NNaO7S2. The topological polar surface area (TPSA) is 121 Å². The molecule has 1 rings (SSSR count). The van der Waals surface area contributed by atoms with Gasteiger partial charge in [-0.3, -0.25) is 0 Å². The molecule has 0 aliphatic carbocycles. The SMILES string of the molecule is C=C(C)C(=O)OC1CCCN(S(=O)(=O)C(F)(F)C(F)(F)C(F)(F)S(=O)(=O)[O-])C1.[Na+]. The Labute approximate surface area is 184 Å². The van der Waals surface area contributed by atoms with E-state index < -0.39 is 61.7 Å². The number of rotatable bonds is 7. The number of alkyl halides is 6. The van der Waals surface area contributed by atoms with E-state index in [2.05, 4.69) is 6.58 Å². The van der Waals surface area contributed by atoms with Crippen LogP contribution in [0.3, 0.4) is 0 Å². The molecule has 0 aromatic heterocycles. The van der Waals surface area contributed by atoms with E-state index in [0.717, 1.165) is 0 Å². The van der Waals surface area contributed by atoms with Crippen LogP contribution in [0.4, 0.5) is 26.3 Å². The van der Waals surface area contributed by atoms with E-state index in [0.29, 0.717) is 0 Å². The van der Waals surface area contributed by atoms with Gasteiger partial charge in [0.15, 0.2) is 10.1 Å². The molecule has 1 heterocycles. The number of nitrogens with zero attached hydrogens (tertiary/aromatic N) is 1. The second kappa shape index (κ2) is 9.00. The monoisotopic (exact) mass is 485 g/mol. The first-order valence-electron chi connectivity index (χ1n) is 7.25. The number of hydrogen-bond acceptors (Lipinski definition) is 7. The van der Waals surface area contributed by atoms with Gasteiger partial charge in [0.2, 0.25) is 0 Å². The molecule has 8 nitrogen and oxygen atoms in total. The number of carbonyl (C=O) groups is 1. The minimum Gasteiger partial charge on any atom is -0.743 e. The quantitative estimate of drug-likeness (QED) is 0.138. The maximum Gasteiger partial charge on any atom is 1.00 e. The predicted octanol–water partition coefficient (Wildman–Crippen LogP) is -1.73. The van der Waals surface area contributed by atoms with Gasteiger partial charge in [-0.15, -0.1) is 0 Å². The Balaban J connectivity index is 0.00000784. The third-order valence-electron chi connectivity index (χ3n) is 3.67. The van der Waals surface area contributed by atoms with Gasteiger partial charge in [0.25, 0.3) is 10.0 Å². The first-order valence-corrected chi connectivity index (χ1v) is 10.1. The molecule has 0 radical (unpaired) electrons. The van der Waals surface area contributed by atoms with Gasteiger partial charge in [-0.25, -0.2) is 21.6 Å². The van der Waals surface area contributed by atoms with E-state index in [4.69, 9.17) is 4.74 Å². The normalized spacial score (nSPS) is 19.9. The van der Waals surface area contributed by atoms with Crippen molar-refractivity contribution < 1.29 is 86.8 Å². The van der Waals surface area contributed by atoms with E-state index in [9.17, 15) is 52.5 Å². The Morgan fingerprint density at radius 1 is 1.10 bits per heavy atom. The second-order valence-corrected chi connectivity index (χ2v) is 9.28. The molecule has 29 heavy (non-hydrogen) atoms. The zero-order valence-electron chi connectivity index (χ0n) is 15.0. The van der Waals surface area contributed by atoms with Crippen molar-refractivity contribution in [2.75, 3.05) is 13.1 Å². The van der Waals surface area contributed by atoms with E-state index in [1.54, 1.807) is 0 Å². The molecule has 1 fully saturated rings. The summed E-state index contributed by atoms with van der Waals surface area (Å²) >= 11 is 0. The first-order chi connectivity index (χ1) is 12.3. The number of ether oxygens (including phenoxy) is 1. The number of sulfonamides is 1. The number of halogens is 6. The van der Waals surface area contributed by atoms with Crippen molar-refractivity contribution in [1.29, 1.82) is 0 Å². The number of carbonyl (C=O) groups excluding carboxylic acids is 1. The molecule has 1 aliphatic rings. The molecule has 1 unspecified atom stereocenters. The minimum absolute atomic E-state index is 0. The largest absolute Gasteiger partial charge is 1.00 e. The summed E-state index contributed by atoms with van der Waals surface area (Å²) < 4.78 is 140. The van der Waals surface area contributed by atoms with Crippen LogP contribution in [0.1, 0.15) is 19.8 Å². The van der Waals surface area contributed by atoms with Gasteiger partial charge in [-0.05, 0) is 19.8 Å². The average molecular weight is 485 g/mol. The number of esters is 1. The summed E-state index contributed by atoms with van der Waals surface area (Å²) in [5.74, 6) is -8.12.